The van der Waals surface area contributed by atoms with Gasteiger partial charge in [0.1, 0.15) is 0 Å². The van der Waals surface area contributed by atoms with Crippen LogP contribution in [-0.4, -0.2) is 26.3 Å². The normalized spacial score (nSPS) is 13.2. The molecule has 2 aromatic carbocycles. The average molecular weight is 403 g/mol. The molecule has 2 aromatic rings. The van der Waals surface area contributed by atoms with Gasteiger partial charge in [0.05, 0.1) is 10.9 Å². The summed E-state index contributed by atoms with van der Waals surface area (Å²) < 4.78 is 22.7. The highest BCUT2D eigenvalue weighted by Gasteiger charge is 2.18. The molecule has 152 valence electrons. The zero-order valence-electron chi connectivity index (χ0n) is 17.3. The number of nitrogens with zero attached hydrogens (tertiary/aromatic N) is 1. The molecule has 1 atom stereocenters. The first-order valence-electron chi connectivity index (χ1n) is 9.37. The summed E-state index contributed by atoms with van der Waals surface area (Å²) in [5.74, 6) is 0.0444. The maximum absolute atomic E-state index is 12.6. The van der Waals surface area contributed by atoms with Crippen LogP contribution in [0.3, 0.4) is 0 Å². The lowest BCUT2D eigenvalue weighted by Crippen LogP contribution is -2.29. The molecular formula is C22H30N2O3S. The van der Waals surface area contributed by atoms with E-state index in [4.69, 9.17) is 5.14 Å². The van der Waals surface area contributed by atoms with Crippen LogP contribution in [-0.2, 0) is 26.7 Å². The molecule has 2 rings (SSSR count). The number of rotatable bonds is 6. The van der Waals surface area contributed by atoms with Crippen molar-refractivity contribution in [1.29, 1.82) is 0 Å². The molecule has 28 heavy (non-hydrogen) atoms. The van der Waals surface area contributed by atoms with Gasteiger partial charge < -0.3 is 4.90 Å². The second kappa shape index (κ2) is 8.45. The smallest absolute Gasteiger partial charge is 0.238 e. The Morgan fingerprint density at radius 3 is 2.04 bits per heavy atom. The van der Waals surface area contributed by atoms with E-state index in [0.29, 0.717) is 12.8 Å². The minimum atomic E-state index is -3.71. The monoisotopic (exact) mass is 402 g/mol. The van der Waals surface area contributed by atoms with Crippen LogP contribution in [0.25, 0.3) is 0 Å². The number of carbonyl (C=O) groups excluding carboxylic acids is 1. The first kappa shape index (κ1) is 22.1. The van der Waals surface area contributed by atoms with Gasteiger partial charge in [0.15, 0.2) is 0 Å². The van der Waals surface area contributed by atoms with E-state index in [9.17, 15) is 13.2 Å². The second-order valence-electron chi connectivity index (χ2n) is 8.24. The van der Waals surface area contributed by atoms with E-state index in [1.165, 1.54) is 17.7 Å². The quantitative estimate of drug-likeness (QED) is 0.798. The van der Waals surface area contributed by atoms with E-state index in [1.54, 1.807) is 24.1 Å². The molecule has 5 nitrogen and oxygen atoms in total. The highest BCUT2D eigenvalue weighted by Crippen LogP contribution is 2.24. The highest BCUT2D eigenvalue weighted by atomic mass is 32.2. The van der Waals surface area contributed by atoms with E-state index < -0.39 is 10.0 Å². The third-order valence-electron chi connectivity index (χ3n) is 5.11. The van der Waals surface area contributed by atoms with Gasteiger partial charge in [0.25, 0.3) is 0 Å². The number of amides is 1. The Morgan fingerprint density at radius 1 is 1.04 bits per heavy atom. The van der Waals surface area contributed by atoms with Gasteiger partial charge in [-0.25, -0.2) is 13.6 Å². The summed E-state index contributed by atoms with van der Waals surface area (Å²) >= 11 is 0. The molecule has 1 unspecified atom stereocenters. The molecule has 0 aliphatic heterocycles. The van der Waals surface area contributed by atoms with Crippen molar-refractivity contribution < 1.29 is 13.2 Å². The molecule has 0 spiro atoms. The van der Waals surface area contributed by atoms with Crippen molar-refractivity contribution in [3.8, 4) is 0 Å². The van der Waals surface area contributed by atoms with Crippen LogP contribution in [0.1, 0.15) is 56.8 Å². The Morgan fingerprint density at radius 2 is 1.57 bits per heavy atom. The Balaban J connectivity index is 1.98. The van der Waals surface area contributed by atoms with Gasteiger partial charge in [-0.1, -0.05) is 57.2 Å². The van der Waals surface area contributed by atoms with Gasteiger partial charge >= 0.3 is 0 Å². The van der Waals surface area contributed by atoms with Crippen molar-refractivity contribution >= 4 is 15.9 Å². The molecule has 0 aliphatic carbocycles. The molecule has 0 fully saturated rings. The Labute approximate surface area is 168 Å². The van der Waals surface area contributed by atoms with Crippen LogP contribution in [0.4, 0.5) is 0 Å². The predicted octanol–water partition coefficient (Wildman–Crippen LogP) is 3.78. The number of aryl methyl sites for hydroxylation is 1. The van der Waals surface area contributed by atoms with Crippen molar-refractivity contribution in [2.24, 2.45) is 5.14 Å². The zero-order chi connectivity index (χ0) is 21.1. The summed E-state index contributed by atoms with van der Waals surface area (Å²) in [6.45, 7) is 8.45. The van der Waals surface area contributed by atoms with Gasteiger partial charge in [-0.05, 0) is 47.6 Å². The van der Waals surface area contributed by atoms with E-state index in [0.717, 1.165) is 11.1 Å². The SMILES string of the molecule is CC(c1ccc(S(N)(=O)=O)cc1)N(C)C(=O)CCc1ccc(C(C)(C)C)cc1. The van der Waals surface area contributed by atoms with Gasteiger partial charge in [-0.15, -0.1) is 0 Å². The minimum absolute atomic E-state index is 0.0444. The molecule has 6 heteroatoms. The van der Waals surface area contributed by atoms with E-state index in [1.807, 2.05) is 6.92 Å². The number of carbonyl (C=O) groups is 1. The van der Waals surface area contributed by atoms with Gasteiger partial charge in [-0.3, -0.25) is 4.79 Å². The summed E-state index contributed by atoms with van der Waals surface area (Å²) in [5, 5.41) is 5.13. The minimum Gasteiger partial charge on any atom is -0.339 e. The van der Waals surface area contributed by atoms with Crippen LogP contribution >= 0.6 is 0 Å². The third-order valence-corrected chi connectivity index (χ3v) is 6.04. The molecule has 0 saturated carbocycles. The average Bonchev–Trinajstić information content (AvgIpc) is 2.64. The fraction of sp³-hybridized carbons (Fsp3) is 0.409. The lowest BCUT2D eigenvalue weighted by atomic mass is 9.86. The summed E-state index contributed by atoms with van der Waals surface area (Å²) in [5.41, 5.74) is 3.39. The summed E-state index contributed by atoms with van der Waals surface area (Å²) in [4.78, 5) is 14.3. The maximum Gasteiger partial charge on any atom is 0.238 e. The molecule has 1 amide bonds. The fourth-order valence-electron chi connectivity index (χ4n) is 2.97. The van der Waals surface area contributed by atoms with Crippen molar-refractivity contribution in [3.63, 3.8) is 0 Å². The van der Waals surface area contributed by atoms with Crippen LogP contribution < -0.4 is 5.14 Å². The maximum atomic E-state index is 12.6. The zero-order valence-corrected chi connectivity index (χ0v) is 18.1. The lowest BCUT2D eigenvalue weighted by Gasteiger charge is -2.25. The highest BCUT2D eigenvalue weighted by molar-refractivity contribution is 7.89. The number of sulfonamides is 1. The molecule has 0 saturated heterocycles. The third kappa shape index (κ3) is 5.66. The second-order valence-corrected chi connectivity index (χ2v) is 9.80. The summed E-state index contributed by atoms with van der Waals surface area (Å²) in [6.07, 6.45) is 1.11. The molecule has 0 bridgehead atoms. The Bertz CT molecular complexity index is 912. The van der Waals surface area contributed by atoms with Crippen LogP contribution in [0.5, 0.6) is 0 Å². The largest absolute Gasteiger partial charge is 0.339 e. The van der Waals surface area contributed by atoms with Crippen molar-refractivity contribution in [2.75, 3.05) is 7.05 Å². The van der Waals surface area contributed by atoms with Crippen molar-refractivity contribution in [1.82, 2.24) is 4.90 Å². The van der Waals surface area contributed by atoms with Gasteiger partial charge in [-0.2, -0.15) is 0 Å². The van der Waals surface area contributed by atoms with Crippen molar-refractivity contribution in [2.45, 2.75) is 56.9 Å². The van der Waals surface area contributed by atoms with E-state index in [2.05, 4.69) is 45.0 Å². The van der Waals surface area contributed by atoms with Crippen LogP contribution in [0.2, 0.25) is 0 Å². The molecule has 0 heterocycles. The lowest BCUT2D eigenvalue weighted by molar-refractivity contribution is -0.131. The molecule has 0 aromatic heterocycles. The predicted molar refractivity (Wildman–Crippen MR) is 112 cm³/mol. The molecule has 2 N–H and O–H groups in total. The first-order chi connectivity index (χ1) is 12.9. The molecule has 0 radical (unpaired) electrons. The Hall–Kier alpha value is -2.18. The fourth-order valence-corrected chi connectivity index (χ4v) is 3.49. The summed E-state index contributed by atoms with van der Waals surface area (Å²) in [7, 11) is -1.95. The number of hydrogen-bond acceptors (Lipinski definition) is 3. The molecular weight excluding hydrogens is 372 g/mol. The van der Waals surface area contributed by atoms with Gasteiger partial charge in [0.2, 0.25) is 15.9 Å². The number of benzene rings is 2. The van der Waals surface area contributed by atoms with Crippen LogP contribution in [0, 0.1) is 0 Å². The summed E-state index contributed by atoms with van der Waals surface area (Å²) in [6, 6.07) is 14.6. The number of hydrogen-bond donors (Lipinski definition) is 1. The molecule has 0 aliphatic rings. The topological polar surface area (TPSA) is 80.5 Å². The number of primary sulfonamides is 1. The van der Waals surface area contributed by atoms with Crippen LogP contribution in [0.15, 0.2) is 53.4 Å². The van der Waals surface area contributed by atoms with E-state index >= 15 is 0 Å². The Kier molecular flexibility index (Phi) is 6.67. The number of nitrogens with two attached hydrogens (primary N) is 1. The standard InChI is InChI=1S/C22H30N2O3S/c1-16(18-9-13-20(14-10-18)28(23,26)27)24(5)21(25)15-8-17-6-11-19(12-7-17)22(2,3)4/h6-7,9-14,16H,8,15H2,1-5H3,(H2,23,26,27). The van der Waals surface area contributed by atoms with Gasteiger partial charge in [0, 0.05) is 13.5 Å². The van der Waals surface area contributed by atoms with Crippen molar-refractivity contribution in [3.05, 3.63) is 65.2 Å². The first-order valence-corrected chi connectivity index (χ1v) is 10.9. The van der Waals surface area contributed by atoms with E-state index in [-0.39, 0.29) is 22.3 Å².